The number of benzene rings is 1. The van der Waals surface area contributed by atoms with Crippen LogP contribution in [0.1, 0.15) is 5.56 Å². The van der Waals surface area contributed by atoms with Crippen molar-refractivity contribution in [1.82, 2.24) is 19.5 Å². The van der Waals surface area contributed by atoms with Crippen molar-refractivity contribution in [2.45, 2.75) is 0 Å². The first-order chi connectivity index (χ1) is 10.7. The minimum absolute atomic E-state index is 0.105. The van der Waals surface area contributed by atoms with Gasteiger partial charge in [0, 0.05) is 17.8 Å². The van der Waals surface area contributed by atoms with Crippen molar-refractivity contribution < 1.29 is 9.13 Å². The summed E-state index contributed by atoms with van der Waals surface area (Å²) in [5.74, 6) is 3.15. The third kappa shape index (κ3) is 2.42. The molecule has 6 nitrogen and oxygen atoms in total. The molecule has 2 aromatic heterocycles. The van der Waals surface area contributed by atoms with Gasteiger partial charge in [-0.25, -0.2) is 13.9 Å². The number of hydrogen-bond donors (Lipinski definition) is 1. The SMILES string of the molecule is C#Cc1ccc2nc(OCCF)n(-c3ccnc(N)n3)c2c1. The van der Waals surface area contributed by atoms with E-state index in [2.05, 4.69) is 20.9 Å². The molecule has 22 heavy (non-hydrogen) atoms. The Morgan fingerprint density at radius 3 is 2.91 bits per heavy atom. The van der Waals surface area contributed by atoms with Gasteiger partial charge in [0.05, 0.1) is 11.0 Å². The summed E-state index contributed by atoms with van der Waals surface area (Å²) in [6.45, 7) is -0.726. The van der Waals surface area contributed by atoms with Crippen molar-refractivity contribution in [3.8, 4) is 24.2 Å². The van der Waals surface area contributed by atoms with E-state index in [-0.39, 0.29) is 18.6 Å². The van der Waals surface area contributed by atoms with Gasteiger partial charge in [0.25, 0.3) is 0 Å². The summed E-state index contributed by atoms with van der Waals surface area (Å²) in [6, 6.07) is 7.20. The van der Waals surface area contributed by atoms with E-state index >= 15 is 0 Å². The van der Waals surface area contributed by atoms with E-state index in [4.69, 9.17) is 16.9 Å². The minimum Gasteiger partial charge on any atom is -0.462 e. The molecule has 0 aliphatic carbocycles. The lowest BCUT2D eigenvalue weighted by Crippen LogP contribution is -2.07. The van der Waals surface area contributed by atoms with Gasteiger partial charge >= 0.3 is 6.01 Å². The van der Waals surface area contributed by atoms with Gasteiger partial charge in [-0.2, -0.15) is 9.97 Å². The molecular weight excluding hydrogens is 285 g/mol. The fourth-order valence-electron chi connectivity index (χ4n) is 2.08. The normalized spacial score (nSPS) is 10.5. The first kappa shape index (κ1) is 13.8. The van der Waals surface area contributed by atoms with E-state index in [9.17, 15) is 4.39 Å². The van der Waals surface area contributed by atoms with Crippen LogP contribution in [0.4, 0.5) is 10.3 Å². The van der Waals surface area contributed by atoms with Crippen LogP contribution in [0, 0.1) is 12.3 Å². The predicted octanol–water partition coefficient (Wildman–Crippen LogP) is 1.73. The molecule has 0 atom stereocenters. The minimum atomic E-state index is -0.620. The molecule has 3 aromatic rings. The summed E-state index contributed by atoms with van der Waals surface area (Å²) in [7, 11) is 0. The van der Waals surface area contributed by atoms with Crippen molar-refractivity contribution in [3.63, 3.8) is 0 Å². The number of fused-ring (bicyclic) bond motifs is 1. The third-order valence-corrected chi connectivity index (χ3v) is 2.99. The Balaban J connectivity index is 2.25. The molecule has 0 saturated heterocycles. The summed E-state index contributed by atoms with van der Waals surface area (Å²) in [5.41, 5.74) is 7.67. The zero-order valence-corrected chi connectivity index (χ0v) is 11.5. The molecule has 0 unspecified atom stereocenters. The Kier molecular flexibility index (Phi) is 3.58. The number of ether oxygens (including phenoxy) is 1. The average molecular weight is 297 g/mol. The van der Waals surface area contributed by atoms with Gasteiger partial charge in [-0.3, -0.25) is 0 Å². The summed E-state index contributed by atoms with van der Waals surface area (Å²) in [6.07, 6.45) is 6.96. The predicted molar refractivity (Wildman–Crippen MR) is 80.5 cm³/mol. The molecule has 2 heterocycles. The number of nitrogen functional groups attached to an aromatic ring is 1. The van der Waals surface area contributed by atoms with Gasteiger partial charge in [0.15, 0.2) is 0 Å². The molecule has 0 fully saturated rings. The maximum atomic E-state index is 12.4. The second-order valence-corrected chi connectivity index (χ2v) is 4.39. The first-order valence-electron chi connectivity index (χ1n) is 6.49. The number of rotatable bonds is 4. The Morgan fingerprint density at radius 1 is 1.32 bits per heavy atom. The smallest absolute Gasteiger partial charge is 0.303 e. The lowest BCUT2D eigenvalue weighted by Gasteiger charge is -2.08. The largest absolute Gasteiger partial charge is 0.462 e. The van der Waals surface area contributed by atoms with Gasteiger partial charge in [-0.1, -0.05) is 5.92 Å². The van der Waals surface area contributed by atoms with Gasteiger partial charge in [-0.15, -0.1) is 6.42 Å². The van der Waals surface area contributed by atoms with Crippen LogP contribution in [0.2, 0.25) is 0 Å². The molecule has 7 heteroatoms. The van der Waals surface area contributed by atoms with Crippen LogP contribution in [0.15, 0.2) is 30.5 Å². The molecule has 0 saturated carbocycles. The van der Waals surface area contributed by atoms with E-state index in [1.54, 1.807) is 28.8 Å². The van der Waals surface area contributed by atoms with Crippen LogP contribution < -0.4 is 10.5 Å². The Bertz CT molecular complexity index is 868. The molecule has 0 spiro atoms. The molecule has 0 aliphatic heterocycles. The zero-order chi connectivity index (χ0) is 15.5. The molecule has 0 radical (unpaired) electrons. The van der Waals surface area contributed by atoms with E-state index in [0.717, 1.165) is 0 Å². The van der Waals surface area contributed by atoms with Gasteiger partial charge in [0.2, 0.25) is 5.95 Å². The summed E-state index contributed by atoms with van der Waals surface area (Å²) in [5, 5.41) is 0. The third-order valence-electron chi connectivity index (χ3n) is 2.99. The molecule has 1 aromatic carbocycles. The van der Waals surface area contributed by atoms with Crippen LogP contribution in [0.5, 0.6) is 6.01 Å². The lowest BCUT2D eigenvalue weighted by atomic mass is 10.2. The fraction of sp³-hybridized carbons (Fsp3) is 0.133. The molecule has 2 N–H and O–H groups in total. The second-order valence-electron chi connectivity index (χ2n) is 4.39. The number of halogens is 1. The van der Waals surface area contributed by atoms with E-state index in [1.807, 2.05) is 0 Å². The summed E-state index contributed by atoms with van der Waals surface area (Å²) < 4.78 is 19.4. The van der Waals surface area contributed by atoms with Gasteiger partial charge in [-0.05, 0) is 18.2 Å². The van der Waals surface area contributed by atoms with Crippen molar-refractivity contribution in [2.24, 2.45) is 0 Å². The zero-order valence-electron chi connectivity index (χ0n) is 11.5. The number of terminal acetylenes is 1. The molecule has 110 valence electrons. The fourth-order valence-corrected chi connectivity index (χ4v) is 2.08. The number of nitrogens with zero attached hydrogens (tertiary/aromatic N) is 4. The van der Waals surface area contributed by atoms with E-state index in [0.29, 0.717) is 22.4 Å². The highest BCUT2D eigenvalue weighted by molar-refractivity contribution is 5.80. The number of alkyl halides is 1. The van der Waals surface area contributed by atoms with Gasteiger partial charge in [0.1, 0.15) is 19.1 Å². The summed E-state index contributed by atoms with van der Waals surface area (Å²) in [4.78, 5) is 12.3. The molecule has 0 aliphatic rings. The van der Waals surface area contributed by atoms with Crippen LogP contribution in [0.3, 0.4) is 0 Å². The summed E-state index contributed by atoms with van der Waals surface area (Å²) >= 11 is 0. The van der Waals surface area contributed by atoms with Crippen LogP contribution in [-0.2, 0) is 0 Å². The Morgan fingerprint density at radius 2 is 2.18 bits per heavy atom. The average Bonchev–Trinajstić information content (AvgIpc) is 2.90. The quantitative estimate of drug-likeness (QED) is 0.742. The number of imidazole rings is 1. The highest BCUT2D eigenvalue weighted by Crippen LogP contribution is 2.26. The maximum Gasteiger partial charge on any atom is 0.303 e. The lowest BCUT2D eigenvalue weighted by molar-refractivity contribution is 0.252. The van der Waals surface area contributed by atoms with E-state index in [1.165, 1.54) is 6.20 Å². The van der Waals surface area contributed by atoms with Crippen molar-refractivity contribution >= 4 is 17.0 Å². The number of anilines is 1. The number of nitrogens with two attached hydrogens (primary N) is 1. The molecule has 0 bridgehead atoms. The van der Waals surface area contributed by atoms with Crippen LogP contribution >= 0.6 is 0 Å². The Labute approximate surface area is 125 Å². The van der Waals surface area contributed by atoms with Crippen LogP contribution in [-0.4, -0.2) is 32.8 Å². The topological polar surface area (TPSA) is 78.8 Å². The first-order valence-corrected chi connectivity index (χ1v) is 6.49. The van der Waals surface area contributed by atoms with Crippen LogP contribution in [0.25, 0.3) is 16.9 Å². The highest BCUT2D eigenvalue weighted by Gasteiger charge is 2.15. The monoisotopic (exact) mass is 297 g/mol. The standard InChI is InChI=1S/C15H12FN5O/c1-2-10-3-4-11-12(9-10)21(15(19-11)22-8-6-16)13-5-7-18-14(17)20-13/h1,3-5,7,9H,6,8H2,(H2,17,18,20). The van der Waals surface area contributed by atoms with E-state index < -0.39 is 6.67 Å². The van der Waals surface area contributed by atoms with Crippen molar-refractivity contribution in [3.05, 3.63) is 36.0 Å². The number of hydrogen-bond acceptors (Lipinski definition) is 5. The maximum absolute atomic E-state index is 12.4. The Hall–Kier alpha value is -3.14. The van der Waals surface area contributed by atoms with Gasteiger partial charge < -0.3 is 10.5 Å². The van der Waals surface area contributed by atoms with Crippen molar-refractivity contribution in [2.75, 3.05) is 19.0 Å². The number of aromatic nitrogens is 4. The second kappa shape index (κ2) is 5.69. The molecule has 3 rings (SSSR count). The molecular formula is C15H12FN5O. The van der Waals surface area contributed by atoms with Crippen molar-refractivity contribution in [1.29, 1.82) is 0 Å². The molecule has 0 amide bonds. The highest BCUT2D eigenvalue weighted by atomic mass is 19.1.